The molecule has 1 aromatic heterocycles. The van der Waals surface area contributed by atoms with Gasteiger partial charge >= 0.3 is 0 Å². The summed E-state index contributed by atoms with van der Waals surface area (Å²) in [4.78, 5) is 4.67. The number of unbranched alkanes of at least 4 members (excludes halogenated alkanes) is 2. The highest BCUT2D eigenvalue weighted by Crippen LogP contribution is 2.30. The lowest BCUT2D eigenvalue weighted by Crippen LogP contribution is -2.36. The lowest BCUT2D eigenvalue weighted by molar-refractivity contribution is 0.0714. The summed E-state index contributed by atoms with van der Waals surface area (Å²) in [6, 6.07) is 6.45. The fraction of sp³-hybridized carbons (Fsp3) is 0.654. The number of pyridine rings is 1. The van der Waals surface area contributed by atoms with Gasteiger partial charge in [-0.3, -0.25) is 0 Å². The monoisotopic (exact) mass is 429 g/mol. The number of aliphatic hydroxyl groups is 1. The minimum atomic E-state index is -0.683. The smallest absolute Gasteiger partial charge is 0.166 e. The molecule has 2 aromatic rings. The lowest BCUT2D eigenvalue weighted by atomic mass is 9.94. The maximum Gasteiger partial charge on any atom is 0.166 e. The maximum absolute atomic E-state index is 10.2. The fourth-order valence-corrected chi connectivity index (χ4v) is 3.56. The number of nitrogen functional groups attached to an aromatic ring is 1. The molecule has 0 aliphatic heterocycles. The molecule has 31 heavy (non-hydrogen) atoms. The molecule has 5 heteroatoms. The Morgan fingerprint density at radius 2 is 1.77 bits per heavy atom. The van der Waals surface area contributed by atoms with Crippen LogP contribution in [0.2, 0.25) is 0 Å². The minimum absolute atomic E-state index is 0.149. The summed E-state index contributed by atoms with van der Waals surface area (Å²) in [5, 5.41) is 14.8. The zero-order chi connectivity index (χ0) is 23.1. The van der Waals surface area contributed by atoms with Gasteiger partial charge in [0, 0.05) is 10.9 Å². The summed E-state index contributed by atoms with van der Waals surface area (Å²) < 4.78 is 5.91. The van der Waals surface area contributed by atoms with E-state index in [0.717, 1.165) is 56.0 Å². The molecule has 4 N–H and O–H groups in total. The largest absolute Gasteiger partial charge is 0.490 e. The van der Waals surface area contributed by atoms with Crippen LogP contribution in [-0.4, -0.2) is 34.4 Å². The van der Waals surface area contributed by atoms with Gasteiger partial charge in [0.05, 0.1) is 17.7 Å². The van der Waals surface area contributed by atoms with Crippen LogP contribution in [0.3, 0.4) is 0 Å². The second kappa shape index (κ2) is 11.1. The van der Waals surface area contributed by atoms with E-state index in [1.807, 2.05) is 13.8 Å². The van der Waals surface area contributed by atoms with Crippen molar-refractivity contribution in [3.63, 3.8) is 0 Å². The van der Waals surface area contributed by atoms with Crippen LogP contribution < -0.4 is 15.8 Å². The normalized spacial score (nSPS) is 12.5. The first-order valence-corrected chi connectivity index (χ1v) is 11.8. The van der Waals surface area contributed by atoms with Crippen molar-refractivity contribution in [3.8, 4) is 5.75 Å². The van der Waals surface area contributed by atoms with Crippen LogP contribution in [0.25, 0.3) is 10.9 Å². The number of anilines is 1. The van der Waals surface area contributed by atoms with Gasteiger partial charge in [0.15, 0.2) is 11.6 Å². The summed E-state index contributed by atoms with van der Waals surface area (Å²) in [5.74, 6) is 1.13. The molecule has 0 aliphatic rings. The molecule has 0 amide bonds. The standard InChI is InChI=1S/C26H43N3O2/c1-7-8-15-31-23-18-21-20(11-9-10-14-28-25(2,3)4)16-19(12-13-26(5,6)30)17-22(21)29-24(23)27/h16-18,28,30H,7-15H2,1-6H3,(H2,27,29). The summed E-state index contributed by atoms with van der Waals surface area (Å²) in [6.07, 6.45) is 6.81. The second-order valence-corrected chi connectivity index (χ2v) is 10.3. The Balaban J connectivity index is 2.25. The summed E-state index contributed by atoms with van der Waals surface area (Å²) >= 11 is 0. The van der Waals surface area contributed by atoms with E-state index in [0.29, 0.717) is 24.6 Å². The van der Waals surface area contributed by atoms with Gasteiger partial charge in [-0.15, -0.1) is 0 Å². The quantitative estimate of drug-likeness (QED) is 0.393. The van der Waals surface area contributed by atoms with Gasteiger partial charge in [-0.2, -0.15) is 0 Å². The van der Waals surface area contributed by atoms with E-state index in [4.69, 9.17) is 10.5 Å². The minimum Gasteiger partial charge on any atom is -0.490 e. The predicted molar refractivity (Wildman–Crippen MR) is 132 cm³/mol. The molecular weight excluding hydrogens is 386 g/mol. The average Bonchev–Trinajstić information content (AvgIpc) is 2.65. The van der Waals surface area contributed by atoms with Crippen LogP contribution in [0.5, 0.6) is 5.75 Å². The van der Waals surface area contributed by atoms with E-state index < -0.39 is 5.60 Å². The van der Waals surface area contributed by atoms with Gasteiger partial charge in [-0.25, -0.2) is 4.98 Å². The molecule has 2 rings (SSSR count). The second-order valence-electron chi connectivity index (χ2n) is 10.3. The topological polar surface area (TPSA) is 80.4 Å². The first kappa shape index (κ1) is 25.4. The van der Waals surface area contributed by atoms with E-state index in [1.54, 1.807) is 0 Å². The molecule has 0 saturated heterocycles. The third kappa shape index (κ3) is 9.04. The number of nitrogens with zero attached hydrogens (tertiary/aromatic N) is 1. The predicted octanol–water partition coefficient (Wildman–Crippen LogP) is 5.41. The van der Waals surface area contributed by atoms with Crippen LogP contribution in [0.4, 0.5) is 5.82 Å². The van der Waals surface area contributed by atoms with Crippen molar-refractivity contribution in [2.24, 2.45) is 0 Å². The molecule has 0 unspecified atom stereocenters. The Labute approximate surface area is 188 Å². The zero-order valence-electron chi connectivity index (χ0n) is 20.5. The molecule has 1 aromatic carbocycles. The third-order valence-corrected chi connectivity index (χ3v) is 5.38. The molecule has 0 aliphatic carbocycles. The summed E-state index contributed by atoms with van der Waals surface area (Å²) in [7, 11) is 0. The number of aryl methyl sites for hydroxylation is 2. The third-order valence-electron chi connectivity index (χ3n) is 5.38. The average molecular weight is 430 g/mol. The van der Waals surface area contributed by atoms with Gasteiger partial charge < -0.3 is 20.9 Å². The van der Waals surface area contributed by atoms with Crippen LogP contribution in [0.15, 0.2) is 18.2 Å². The molecule has 174 valence electrons. The van der Waals surface area contributed by atoms with Crippen molar-refractivity contribution < 1.29 is 9.84 Å². The van der Waals surface area contributed by atoms with Crippen LogP contribution in [0, 0.1) is 0 Å². The van der Waals surface area contributed by atoms with E-state index in [1.165, 1.54) is 11.1 Å². The number of fused-ring (bicyclic) bond motifs is 1. The molecule has 0 bridgehead atoms. The number of hydrogen-bond acceptors (Lipinski definition) is 5. The SMILES string of the molecule is CCCCOc1cc2c(CCCCNC(C)(C)C)cc(CCC(C)(C)O)cc2nc1N. The van der Waals surface area contributed by atoms with E-state index >= 15 is 0 Å². The van der Waals surface area contributed by atoms with Crippen molar-refractivity contribution in [1.29, 1.82) is 0 Å². The molecule has 0 saturated carbocycles. The molecule has 0 atom stereocenters. The number of aromatic nitrogens is 1. The van der Waals surface area contributed by atoms with Crippen LogP contribution in [0.1, 0.15) is 84.8 Å². The van der Waals surface area contributed by atoms with Crippen LogP contribution >= 0.6 is 0 Å². The van der Waals surface area contributed by atoms with Gasteiger partial charge in [0.25, 0.3) is 0 Å². The summed E-state index contributed by atoms with van der Waals surface area (Å²) in [5.41, 5.74) is 9.07. The highest BCUT2D eigenvalue weighted by Gasteiger charge is 2.15. The molecular formula is C26H43N3O2. The van der Waals surface area contributed by atoms with Gasteiger partial charge in [0.2, 0.25) is 0 Å². The number of nitrogens with one attached hydrogen (secondary N) is 1. The first-order valence-electron chi connectivity index (χ1n) is 11.8. The number of rotatable bonds is 12. The summed E-state index contributed by atoms with van der Waals surface area (Å²) in [6.45, 7) is 14.1. The van der Waals surface area contributed by atoms with E-state index in [-0.39, 0.29) is 5.54 Å². The number of nitrogens with two attached hydrogens (primary N) is 1. The Morgan fingerprint density at radius 1 is 1.03 bits per heavy atom. The fourth-order valence-electron chi connectivity index (χ4n) is 3.56. The molecule has 0 fully saturated rings. The maximum atomic E-state index is 10.2. The van der Waals surface area contributed by atoms with Gasteiger partial charge in [0.1, 0.15) is 0 Å². The Hall–Kier alpha value is -1.85. The van der Waals surface area contributed by atoms with Crippen LogP contribution in [-0.2, 0) is 12.8 Å². The highest BCUT2D eigenvalue weighted by molar-refractivity contribution is 5.86. The number of ether oxygens (including phenoxy) is 1. The molecule has 0 radical (unpaired) electrons. The Morgan fingerprint density at radius 3 is 2.42 bits per heavy atom. The van der Waals surface area contributed by atoms with E-state index in [9.17, 15) is 5.11 Å². The molecule has 0 spiro atoms. The van der Waals surface area contributed by atoms with Crippen molar-refractivity contribution in [2.45, 2.75) is 97.6 Å². The number of hydrogen-bond donors (Lipinski definition) is 3. The Bertz CT molecular complexity index is 835. The first-order chi connectivity index (χ1) is 14.5. The molecule has 1 heterocycles. The Kier molecular flexibility index (Phi) is 9.14. The lowest BCUT2D eigenvalue weighted by Gasteiger charge is -2.20. The van der Waals surface area contributed by atoms with E-state index in [2.05, 4.69) is 56.2 Å². The van der Waals surface area contributed by atoms with Crippen molar-refractivity contribution >= 4 is 16.7 Å². The number of benzene rings is 1. The zero-order valence-corrected chi connectivity index (χ0v) is 20.5. The highest BCUT2D eigenvalue weighted by atomic mass is 16.5. The van der Waals surface area contributed by atoms with Gasteiger partial charge in [-0.1, -0.05) is 19.4 Å². The van der Waals surface area contributed by atoms with Crippen molar-refractivity contribution in [3.05, 3.63) is 29.3 Å². The van der Waals surface area contributed by atoms with Crippen molar-refractivity contribution in [1.82, 2.24) is 10.3 Å². The van der Waals surface area contributed by atoms with Crippen molar-refractivity contribution in [2.75, 3.05) is 18.9 Å². The molecule has 5 nitrogen and oxygen atoms in total. The van der Waals surface area contributed by atoms with Gasteiger partial charge in [-0.05, 0) is 103 Å².